The third-order valence-corrected chi connectivity index (χ3v) is 6.19. The molecule has 4 rings (SSSR count). The van der Waals surface area contributed by atoms with Crippen molar-refractivity contribution >= 4 is 42.9 Å². The van der Waals surface area contributed by atoms with Crippen molar-refractivity contribution in [1.29, 1.82) is 0 Å². The van der Waals surface area contributed by atoms with Gasteiger partial charge in [0.05, 0.1) is 18.0 Å². The lowest BCUT2D eigenvalue weighted by molar-refractivity contribution is 0.320. The normalized spacial score (nSPS) is 11.7. The van der Waals surface area contributed by atoms with Gasteiger partial charge in [-0.05, 0) is 39.0 Å². The van der Waals surface area contributed by atoms with Crippen molar-refractivity contribution in [2.24, 2.45) is 10.3 Å². The zero-order chi connectivity index (χ0) is 23.8. The fraction of sp³-hybridized carbons (Fsp3) is 0.294. The van der Waals surface area contributed by atoms with Gasteiger partial charge >= 0.3 is 0 Å². The highest BCUT2D eigenvalue weighted by Crippen LogP contribution is 2.18. The Labute approximate surface area is 195 Å². The lowest BCUT2D eigenvalue weighted by Gasteiger charge is -2.03. The number of imidazole rings is 2. The lowest BCUT2D eigenvalue weighted by Crippen LogP contribution is -2.17. The van der Waals surface area contributed by atoms with Crippen molar-refractivity contribution in [2.75, 3.05) is 6.61 Å². The van der Waals surface area contributed by atoms with E-state index in [1.807, 2.05) is 6.92 Å². The highest BCUT2D eigenvalue weighted by molar-refractivity contribution is 7.89. The maximum atomic E-state index is 11.4. The summed E-state index contributed by atoms with van der Waals surface area (Å²) in [7, 11) is -7.72. The van der Waals surface area contributed by atoms with Crippen LogP contribution < -0.4 is 15.0 Å². The highest BCUT2D eigenvalue weighted by atomic mass is 35.5. The Bertz CT molecular complexity index is 1530. The SMILES string of the molecule is C.CCOc1ccc2nc(C)c(S(N)(=O)=O)n2n1.Cc1nc2ccc(Cl)nn2c1S(N)(=O)=O. The minimum Gasteiger partial charge on any atom is -0.477 e. The summed E-state index contributed by atoms with van der Waals surface area (Å²) in [6, 6.07) is 6.34. The number of nitrogens with two attached hydrogens (primary N) is 2. The summed E-state index contributed by atoms with van der Waals surface area (Å²) in [5, 5.41) is 17.9. The van der Waals surface area contributed by atoms with Gasteiger partial charge in [0.1, 0.15) is 5.15 Å². The van der Waals surface area contributed by atoms with Crippen LogP contribution in [0.15, 0.2) is 34.3 Å². The number of fused-ring (bicyclic) bond motifs is 2. The minimum atomic E-state index is -3.87. The predicted octanol–water partition coefficient (Wildman–Crippen LogP) is 1.06. The van der Waals surface area contributed by atoms with Crippen LogP contribution in [0, 0.1) is 13.8 Å². The summed E-state index contributed by atoms with van der Waals surface area (Å²) >= 11 is 5.65. The Morgan fingerprint density at radius 1 is 0.879 bits per heavy atom. The van der Waals surface area contributed by atoms with E-state index >= 15 is 0 Å². The van der Waals surface area contributed by atoms with Gasteiger partial charge in [-0.3, -0.25) is 0 Å². The van der Waals surface area contributed by atoms with E-state index in [2.05, 4.69) is 20.2 Å². The molecule has 0 unspecified atom stereocenters. The molecule has 0 bridgehead atoms. The summed E-state index contributed by atoms with van der Waals surface area (Å²) in [6.45, 7) is 5.36. The van der Waals surface area contributed by atoms with Gasteiger partial charge in [0.2, 0.25) is 5.88 Å². The van der Waals surface area contributed by atoms with Crippen molar-refractivity contribution in [1.82, 2.24) is 29.2 Å². The molecule has 0 aliphatic rings. The Hall–Kier alpha value is -2.85. The molecule has 0 atom stereocenters. The van der Waals surface area contributed by atoms with Crippen molar-refractivity contribution < 1.29 is 21.6 Å². The molecule has 13 nitrogen and oxygen atoms in total. The zero-order valence-corrected chi connectivity index (χ0v) is 19.5. The van der Waals surface area contributed by atoms with Crippen LogP contribution in [0.2, 0.25) is 5.15 Å². The Morgan fingerprint density at radius 2 is 1.33 bits per heavy atom. The van der Waals surface area contributed by atoms with Crippen molar-refractivity contribution in [2.45, 2.75) is 38.2 Å². The average molecular weight is 519 g/mol. The second-order valence-electron chi connectivity index (χ2n) is 6.40. The van der Waals surface area contributed by atoms with Gasteiger partial charge in [-0.15, -0.1) is 5.10 Å². The number of hydrogen-bond donors (Lipinski definition) is 2. The Morgan fingerprint density at radius 3 is 1.79 bits per heavy atom. The van der Waals surface area contributed by atoms with Crippen LogP contribution >= 0.6 is 11.6 Å². The largest absolute Gasteiger partial charge is 0.477 e. The van der Waals surface area contributed by atoms with Crippen molar-refractivity contribution in [3.8, 4) is 5.88 Å². The van der Waals surface area contributed by atoms with E-state index in [1.54, 1.807) is 32.0 Å². The van der Waals surface area contributed by atoms with Gasteiger partial charge in [0, 0.05) is 6.07 Å². The van der Waals surface area contributed by atoms with Gasteiger partial charge in [-0.2, -0.15) is 14.1 Å². The first kappa shape index (κ1) is 26.4. The number of primary sulfonamides is 2. The molecular formula is C17H23ClN8O5S2. The van der Waals surface area contributed by atoms with Gasteiger partial charge in [0.15, 0.2) is 21.3 Å². The summed E-state index contributed by atoms with van der Waals surface area (Å²) in [4.78, 5) is 8.07. The number of rotatable bonds is 4. The first-order valence-electron chi connectivity index (χ1n) is 8.89. The zero-order valence-electron chi connectivity index (χ0n) is 17.1. The van der Waals surface area contributed by atoms with Crippen LogP contribution in [0.5, 0.6) is 5.88 Å². The third kappa shape index (κ3) is 5.56. The van der Waals surface area contributed by atoms with Gasteiger partial charge in [-0.1, -0.05) is 19.0 Å². The number of nitrogens with zero attached hydrogens (tertiary/aromatic N) is 6. The van der Waals surface area contributed by atoms with Crippen LogP contribution in [-0.2, 0) is 20.0 Å². The molecule has 0 aliphatic carbocycles. The standard InChI is InChI=1S/C9H12N4O3S.C7H7ClN4O2S.CH4/c1-3-16-8-5-4-7-11-6(2)9(13(7)12-8)17(10,14)15;1-4-7(15(9,13)14)12-6(10-4)3-2-5(8)11-12;/h4-5H,3H2,1-2H3,(H2,10,14,15);2-3H,1H3,(H2,9,13,14);1H4. The van der Waals surface area contributed by atoms with E-state index in [1.165, 1.54) is 10.6 Å². The molecule has 0 radical (unpaired) electrons. The maximum Gasteiger partial charge on any atom is 0.257 e. The van der Waals surface area contributed by atoms with E-state index in [0.717, 1.165) is 4.52 Å². The molecule has 4 N–H and O–H groups in total. The Balaban J connectivity index is 0.000000228. The molecule has 0 fully saturated rings. The maximum absolute atomic E-state index is 11.4. The predicted molar refractivity (Wildman–Crippen MR) is 121 cm³/mol. The molecule has 4 aromatic rings. The van der Waals surface area contributed by atoms with E-state index < -0.39 is 20.0 Å². The molecule has 33 heavy (non-hydrogen) atoms. The van der Waals surface area contributed by atoms with Gasteiger partial charge in [0.25, 0.3) is 20.0 Å². The number of ether oxygens (including phenoxy) is 1. The van der Waals surface area contributed by atoms with E-state index in [4.69, 9.17) is 26.6 Å². The van der Waals surface area contributed by atoms with Crippen LogP contribution in [0.1, 0.15) is 25.7 Å². The molecule has 0 aromatic carbocycles. The Kier molecular flexibility index (Phi) is 7.65. The summed E-state index contributed by atoms with van der Waals surface area (Å²) in [6.07, 6.45) is 0. The summed E-state index contributed by atoms with van der Waals surface area (Å²) in [5.41, 5.74) is 1.41. The van der Waals surface area contributed by atoms with E-state index in [-0.39, 0.29) is 22.6 Å². The second-order valence-corrected chi connectivity index (χ2v) is 9.74. The van der Waals surface area contributed by atoms with Gasteiger partial charge in [-0.25, -0.2) is 37.1 Å². The second kappa shape index (κ2) is 9.56. The van der Waals surface area contributed by atoms with Crippen LogP contribution in [0.3, 0.4) is 0 Å². The quantitative estimate of drug-likeness (QED) is 0.397. The first-order valence-corrected chi connectivity index (χ1v) is 12.4. The molecule has 4 aromatic heterocycles. The van der Waals surface area contributed by atoms with E-state index in [9.17, 15) is 16.8 Å². The van der Waals surface area contributed by atoms with Gasteiger partial charge < -0.3 is 4.74 Å². The fourth-order valence-corrected chi connectivity index (χ4v) is 4.69. The topological polar surface area (TPSA) is 190 Å². The molecule has 0 saturated heterocycles. The van der Waals surface area contributed by atoms with Crippen molar-refractivity contribution in [3.05, 3.63) is 40.8 Å². The molecule has 16 heteroatoms. The average Bonchev–Trinajstić information content (AvgIpc) is 3.16. The number of sulfonamides is 2. The molecule has 180 valence electrons. The number of hydrogen-bond acceptors (Lipinski definition) is 9. The third-order valence-electron chi connectivity index (χ3n) is 3.97. The summed E-state index contributed by atoms with van der Waals surface area (Å²) < 4.78 is 52.9. The lowest BCUT2D eigenvalue weighted by atomic mass is 10.5. The molecule has 4 heterocycles. The summed E-state index contributed by atoms with van der Waals surface area (Å²) in [5.74, 6) is 0.322. The monoisotopic (exact) mass is 518 g/mol. The molecular weight excluding hydrogens is 496 g/mol. The molecule has 0 spiro atoms. The first-order chi connectivity index (χ1) is 14.8. The molecule has 0 amide bonds. The van der Waals surface area contributed by atoms with Crippen molar-refractivity contribution in [3.63, 3.8) is 0 Å². The van der Waals surface area contributed by atoms with E-state index in [0.29, 0.717) is 35.2 Å². The van der Waals surface area contributed by atoms with Crippen LogP contribution in [-0.4, -0.2) is 52.6 Å². The van der Waals surface area contributed by atoms with Crippen LogP contribution in [0.25, 0.3) is 11.3 Å². The number of aryl methyl sites for hydroxylation is 2. The smallest absolute Gasteiger partial charge is 0.257 e. The highest BCUT2D eigenvalue weighted by Gasteiger charge is 2.21. The molecule has 0 saturated carbocycles. The number of aromatic nitrogens is 6. The number of halogens is 1. The minimum absolute atomic E-state index is 0. The molecule has 0 aliphatic heterocycles. The fourth-order valence-electron chi connectivity index (χ4n) is 2.89. The van der Waals surface area contributed by atoms with Crippen LogP contribution in [0.4, 0.5) is 0 Å².